The van der Waals surface area contributed by atoms with E-state index in [0.29, 0.717) is 6.04 Å². The molecule has 0 heterocycles. The zero-order chi connectivity index (χ0) is 13.5. The van der Waals surface area contributed by atoms with E-state index in [-0.39, 0.29) is 0 Å². The van der Waals surface area contributed by atoms with Gasteiger partial charge in [0.2, 0.25) is 0 Å². The zero-order valence-electron chi connectivity index (χ0n) is 12.0. The smallest absolute Gasteiger partial charge is 0.0453 e. The third kappa shape index (κ3) is 4.50. The van der Waals surface area contributed by atoms with Crippen LogP contribution in [0.1, 0.15) is 63.5 Å². The number of hydrogen-bond donors (Lipinski definition) is 1. The van der Waals surface area contributed by atoms with E-state index in [4.69, 9.17) is 11.6 Å². The van der Waals surface area contributed by atoms with Gasteiger partial charge < -0.3 is 5.32 Å². The van der Waals surface area contributed by atoms with Crippen molar-refractivity contribution < 1.29 is 0 Å². The largest absolute Gasteiger partial charge is 0.310 e. The summed E-state index contributed by atoms with van der Waals surface area (Å²) in [6, 6.07) is 8.71. The molecule has 0 aliphatic heterocycles. The maximum atomic E-state index is 6.35. The van der Waals surface area contributed by atoms with E-state index in [1.54, 1.807) is 0 Å². The second-order valence-electron chi connectivity index (χ2n) is 5.76. The van der Waals surface area contributed by atoms with Crippen LogP contribution >= 0.6 is 11.6 Å². The van der Waals surface area contributed by atoms with Crippen molar-refractivity contribution in [3.8, 4) is 0 Å². The molecule has 1 unspecified atom stereocenters. The van der Waals surface area contributed by atoms with Crippen molar-refractivity contribution in [3.05, 3.63) is 34.9 Å². The van der Waals surface area contributed by atoms with Crippen LogP contribution in [-0.2, 0) is 0 Å². The molecule has 0 amide bonds. The fourth-order valence-electron chi connectivity index (χ4n) is 3.15. The van der Waals surface area contributed by atoms with Crippen molar-refractivity contribution in [3.63, 3.8) is 0 Å². The lowest BCUT2D eigenvalue weighted by Crippen LogP contribution is -2.23. The molecule has 0 saturated heterocycles. The van der Waals surface area contributed by atoms with Gasteiger partial charge in [0.05, 0.1) is 0 Å². The van der Waals surface area contributed by atoms with Crippen LogP contribution in [0.4, 0.5) is 0 Å². The maximum absolute atomic E-state index is 6.35. The number of rotatable bonds is 7. The molecule has 2 rings (SSSR count). The van der Waals surface area contributed by atoms with E-state index < -0.39 is 0 Å². The van der Waals surface area contributed by atoms with Gasteiger partial charge in [-0.1, -0.05) is 62.4 Å². The van der Waals surface area contributed by atoms with E-state index in [1.807, 2.05) is 12.1 Å². The summed E-state index contributed by atoms with van der Waals surface area (Å²) in [5, 5.41) is 4.57. The fraction of sp³-hybridized carbons (Fsp3) is 0.647. The van der Waals surface area contributed by atoms with E-state index in [2.05, 4.69) is 24.4 Å². The van der Waals surface area contributed by atoms with Gasteiger partial charge in [-0.05, 0) is 43.4 Å². The lowest BCUT2D eigenvalue weighted by Gasteiger charge is -2.21. The lowest BCUT2D eigenvalue weighted by atomic mass is 9.94. The Morgan fingerprint density at radius 3 is 2.68 bits per heavy atom. The van der Waals surface area contributed by atoms with Gasteiger partial charge in [0.1, 0.15) is 0 Å². The molecule has 1 fully saturated rings. The summed E-state index contributed by atoms with van der Waals surface area (Å²) in [5.41, 5.74) is 1.27. The van der Waals surface area contributed by atoms with E-state index in [0.717, 1.165) is 17.5 Å². The van der Waals surface area contributed by atoms with Gasteiger partial charge in [-0.15, -0.1) is 0 Å². The van der Waals surface area contributed by atoms with Crippen LogP contribution in [-0.4, -0.2) is 6.54 Å². The van der Waals surface area contributed by atoms with Crippen LogP contribution in [0.15, 0.2) is 24.3 Å². The van der Waals surface area contributed by atoms with E-state index in [1.165, 1.54) is 50.5 Å². The lowest BCUT2D eigenvalue weighted by molar-refractivity contribution is 0.412. The molecule has 0 bridgehead atoms. The highest BCUT2D eigenvalue weighted by Gasteiger charge is 2.19. The summed E-state index contributed by atoms with van der Waals surface area (Å²) < 4.78 is 0. The highest BCUT2D eigenvalue weighted by molar-refractivity contribution is 6.31. The first-order valence-corrected chi connectivity index (χ1v) is 8.17. The molecule has 1 atom stereocenters. The van der Waals surface area contributed by atoms with Crippen molar-refractivity contribution in [2.24, 2.45) is 5.92 Å². The zero-order valence-corrected chi connectivity index (χ0v) is 12.8. The molecular weight excluding hydrogens is 254 g/mol. The Bertz CT molecular complexity index is 371. The van der Waals surface area contributed by atoms with Crippen LogP contribution < -0.4 is 5.32 Å². The van der Waals surface area contributed by atoms with Crippen LogP contribution in [0.5, 0.6) is 0 Å². The minimum absolute atomic E-state index is 0.425. The van der Waals surface area contributed by atoms with Crippen LogP contribution in [0.3, 0.4) is 0 Å². The molecule has 1 N–H and O–H groups in total. The highest BCUT2D eigenvalue weighted by atomic mass is 35.5. The number of halogens is 1. The Kier molecular flexibility index (Phi) is 6.19. The Morgan fingerprint density at radius 2 is 2.00 bits per heavy atom. The predicted octanol–water partition coefficient (Wildman–Crippen LogP) is 5.35. The Labute approximate surface area is 122 Å². The van der Waals surface area contributed by atoms with Crippen LogP contribution in [0, 0.1) is 5.92 Å². The second kappa shape index (κ2) is 7.91. The molecule has 0 radical (unpaired) electrons. The summed E-state index contributed by atoms with van der Waals surface area (Å²) in [6.45, 7) is 3.29. The summed E-state index contributed by atoms with van der Waals surface area (Å²) in [4.78, 5) is 0. The molecule has 1 aliphatic carbocycles. The molecule has 0 spiro atoms. The first-order chi connectivity index (χ1) is 9.31. The average Bonchev–Trinajstić information content (AvgIpc) is 2.93. The third-order valence-corrected chi connectivity index (χ3v) is 4.60. The molecule has 1 aliphatic rings. The van der Waals surface area contributed by atoms with Gasteiger partial charge in [-0.25, -0.2) is 0 Å². The van der Waals surface area contributed by atoms with Gasteiger partial charge in [-0.3, -0.25) is 0 Å². The summed E-state index contributed by atoms with van der Waals surface area (Å²) in [6.07, 6.45) is 9.46. The van der Waals surface area contributed by atoms with Gasteiger partial charge in [-0.2, -0.15) is 0 Å². The van der Waals surface area contributed by atoms with Crippen LogP contribution in [0.25, 0.3) is 0 Å². The summed E-state index contributed by atoms with van der Waals surface area (Å²) in [7, 11) is 0. The van der Waals surface area contributed by atoms with Crippen molar-refractivity contribution in [1.29, 1.82) is 0 Å². The van der Waals surface area contributed by atoms with Gasteiger partial charge in [0.25, 0.3) is 0 Å². The molecule has 1 nitrogen and oxygen atoms in total. The Hall–Kier alpha value is -0.530. The molecule has 106 valence electrons. The SMILES string of the molecule is CCCNC(CCC1CCCC1)c1ccccc1Cl. The second-order valence-corrected chi connectivity index (χ2v) is 6.16. The quantitative estimate of drug-likeness (QED) is 0.709. The van der Waals surface area contributed by atoms with Crippen LogP contribution in [0.2, 0.25) is 5.02 Å². The fourth-order valence-corrected chi connectivity index (χ4v) is 3.41. The minimum atomic E-state index is 0.425. The monoisotopic (exact) mass is 279 g/mol. The molecular formula is C17H26ClN. The van der Waals surface area contributed by atoms with Crippen molar-refractivity contribution in [2.75, 3.05) is 6.54 Å². The van der Waals surface area contributed by atoms with Gasteiger partial charge in [0, 0.05) is 11.1 Å². The standard InChI is InChI=1S/C17H26ClN/c1-2-13-19-17(12-11-14-7-3-4-8-14)15-9-5-6-10-16(15)18/h5-6,9-10,14,17,19H,2-4,7-8,11-13H2,1H3. The van der Waals surface area contributed by atoms with Gasteiger partial charge in [0.15, 0.2) is 0 Å². The van der Waals surface area contributed by atoms with Crippen molar-refractivity contribution >= 4 is 11.6 Å². The molecule has 1 saturated carbocycles. The Balaban J connectivity index is 1.96. The first kappa shape index (κ1) is 14.9. The van der Waals surface area contributed by atoms with Gasteiger partial charge >= 0.3 is 0 Å². The number of nitrogens with one attached hydrogen (secondary N) is 1. The summed E-state index contributed by atoms with van der Waals surface area (Å²) in [5.74, 6) is 0.952. The normalized spacial score (nSPS) is 17.8. The van der Waals surface area contributed by atoms with E-state index in [9.17, 15) is 0 Å². The topological polar surface area (TPSA) is 12.0 Å². The highest BCUT2D eigenvalue weighted by Crippen LogP contribution is 2.33. The van der Waals surface area contributed by atoms with Crippen molar-refractivity contribution in [1.82, 2.24) is 5.32 Å². The van der Waals surface area contributed by atoms with E-state index >= 15 is 0 Å². The number of benzene rings is 1. The van der Waals surface area contributed by atoms with Crippen molar-refractivity contribution in [2.45, 2.75) is 57.9 Å². The number of hydrogen-bond acceptors (Lipinski definition) is 1. The average molecular weight is 280 g/mol. The maximum Gasteiger partial charge on any atom is 0.0453 e. The molecule has 2 heteroatoms. The predicted molar refractivity (Wildman–Crippen MR) is 83.7 cm³/mol. The first-order valence-electron chi connectivity index (χ1n) is 7.79. The molecule has 1 aromatic carbocycles. The Morgan fingerprint density at radius 1 is 1.26 bits per heavy atom. The molecule has 19 heavy (non-hydrogen) atoms. The minimum Gasteiger partial charge on any atom is -0.310 e. The molecule has 1 aromatic rings. The third-order valence-electron chi connectivity index (χ3n) is 4.26. The summed E-state index contributed by atoms with van der Waals surface area (Å²) >= 11 is 6.35. The molecule has 0 aromatic heterocycles.